The van der Waals surface area contributed by atoms with Gasteiger partial charge < -0.3 is 25.3 Å². The van der Waals surface area contributed by atoms with Crippen molar-refractivity contribution in [1.29, 1.82) is 0 Å². The Morgan fingerprint density at radius 2 is 2.05 bits per heavy atom. The van der Waals surface area contributed by atoms with Crippen LogP contribution in [0, 0.1) is 0 Å². The van der Waals surface area contributed by atoms with E-state index in [0.717, 1.165) is 0 Å². The molecular weight excluding hydrogens is 272 g/mol. The Morgan fingerprint density at radius 1 is 1.33 bits per heavy atom. The Kier molecular flexibility index (Phi) is 5.03. The second kappa shape index (κ2) is 6.78. The Hall–Kier alpha value is -1.79. The summed E-state index contributed by atoms with van der Waals surface area (Å²) in [6.07, 6.45) is 1.42. The van der Waals surface area contributed by atoms with Crippen molar-refractivity contribution in [2.75, 3.05) is 34.0 Å². The lowest BCUT2D eigenvalue weighted by Gasteiger charge is -2.37. The molecule has 0 aromatic heterocycles. The van der Waals surface area contributed by atoms with Gasteiger partial charge in [-0.3, -0.25) is 4.79 Å². The molecule has 1 aromatic rings. The first kappa shape index (κ1) is 15.6. The minimum Gasteiger partial charge on any atom is -0.493 e. The van der Waals surface area contributed by atoms with Crippen molar-refractivity contribution in [3.05, 3.63) is 23.8 Å². The molecule has 1 aromatic carbocycles. The summed E-state index contributed by atoms with van der Waals surface area (Å²) in [5, 5.41) is 3.04. The summed E-state index contributed by atoms with van der Waals surface area (Å²) >= 11 is 0. The third-order valence-corrected chi connectivity index (χ3v) is 3.87. The second-order valence-electron chi connectivity index (χ2n) is 5.09. The molecule has 0 bridgehead atoms. The number of hydrogen-bond donors (Lipinski definition) is 2. The van der Waals surface area contributed by atoms with Crippen molar-refractivity contribution in [3.8, 4) is 11.5 Å². The van der Waals surface area contributed by atoms with E-state index in [1.807, 2.05) is 0 Å². The van der Waals surface area contributed by atoms with E-state index < -0.39 is 5.54 Å². The summed E-state index contributed by atoms with van der Waals surface area (Å²) < 4.78 is 15.9. The van der Waals surface area contributed by atoms with Crippen LogP contribution in [-0.2, 0) is 4.74 Å². The monoisotopic (exact) mass is 294 g/mol. The number of carbonyl (C=O) groups is 1. The number of amides is 1. The highest BCUT2D eigenvalue weighted by Crippen LogP contribution is 2.31. The van der Waals surface area contributed by atoms with Crippen molar-refractivity contribution >= 4 is 5.91 Å². The molecule has 1 aliphatic heterocycles. The normalized spacial score (nSPS) is 17.1. The van der Waals surface area contributed by atoms with Gasteiger partial charge in [-0.25, -0.2) is 0 Å². The maximum Gasteiger partial charge on any atom is 0.255 e. The molecule has 0 spiro atoms. The number of carbonyl (C=O) groups excluding carboxylic acids is 1. The van der Waals surface area contributed by atoms with Gasteiger partial charge in [0.15, 0.2) is 11.5 Å². The Balaban J connectivity index is 2.23. The molecule has 1 heterocycles. The standard InChI is InChI=1S/C15H22N2O4/c1-19-12-5-3-4-11(13(12)20-2)14(18)17-15(10-16)6-8-21-9-7-15/h3-5H,6-10,16H2,1-2H3,(H,17,18). The molecular formula is C15H22N2O4. The van der Waals surface area contributed by atoms with E-state index >= 15 is 0 Å². The molecule has 0 saturated carbocycles. The first-order valence-corrected chi connectivity index (χ1v) is 6.97. The highest BCUT2D eigenvalue weighted by atomic mass is 16.5. The van der Waals surface area contributed by atoms with Gasteiger partial charge in [-0.15, -0.1) is 0 Å². The minimum atomic E-state index is -0.413. The summed E-state index contributed by atoms with van der Waals surface area (Å²) in [5.74, 6) is 0.744. The lowest BCUT2D eigenvalue weighted by Crippen LogP contribution is -2.56. The number of methoxy groups -OCH3 is 2. The topological polar surface area (TPSA) is 82.8 Å². The average molecular weight is 294 g/mol. The number of ether oxygens (including phenoxy) is 3. The molecule has 6 nitrogen and oxygen atoms in total. The molecule has 1 fully saturated rings. The minimum absolute atomic E-state index is 0.210. The summed E-state index contributed by atoms with van der Waals surface area (Å²) in [6.45, 7) is 1.59. The van der Waals surface area contributed by atoms with E-state index in [4.69, 9.17) is 19.9 Å². The fourth-order valence-electron chi connectivity index (χ4n) is 2.52. The zero-order valence-electron chi connectivity index (χ0n) is 12.5. The quantitative estimate of drug-likeness (QED) is 0.844. The van der Waals surface area contributed by atoms with E-state index in [1.54, 1.807) is 25.3 Å². The Bertz CT molecular complexity index is 498. The van der Waals surface area contributed by atoms with Crippen LogP contribution in [0.1, 0.15) is 23.2 Å². The molecule has 1 aliphatic rings. The zero-order chi connectivity index (χ0) is 15.3. The highest BCUT2D eigenvalue weighted by Gasteiger charge is 2.33. The molecule has 2 rings (SSSR count). The smallest absolute Gasteiger partial charge is 0.255 e. The highest BCUT2D eigenvalue weighted by molar-refractivity contribution is 5.98. The number of hydrogen-bond acceptors (Lipinski definition) is 5. The molecule has 0 aliphatic carbocycles. The van der Waals surface area contributed by atoms with Crippen LogP contribution in [0.3, 0.4) is 0 Å². The van der Waals surface area contributed by atoms with Gasteiger partial charge in [0, 0.05) is 19.8 Å². The van der Waals surface area contributed by atoms with Gasteiger partial charge in [0.25, 0.3) is 5.91 Å². The molecule has 116 valence electrons. The van der Waals surface area contributed by atoms with E-state index in [1.165, 1.54) is 7.11 Å². The first-order valence-electron chi connectivity index (χ1n) is 6.97. The van der Waals surface area contributed by atoms with Crippen molar-refractivity contribution in [2.45, 2.75) is 18.4 Å². The Morgan fingerprint density at radius 3 is 2.62 bits per heavy atom. The van der Waals surface area contributed by atoms with Gasteiger partial charge in [0.05, 0.1) is 25.3 Å². The van der Waals surface area contributed by atoms with Crippen molar-refractivity contribution in [3.63, 3.8) is 0 Å². The van der Waals surface area contributed by atoms with Crippen LogP contribution in [0.2, 0.25) is 0 Å². The number of para-hydroxylation sites is 1. The summed E-state index contributed by atoms with van der Waals surface area (Å²) in [6, 6.07) is 5.22. The average Bonchev–Trinajstić information content (AvgIpc) is 2.54. The SMILES string of the molecule is COc1cccc(C(=O)NC2(CN)CCOCC2)c1OC. The third-order valence-electron chi connectivity index (χ3n) is 3.87. The zero-order valence-corrected chi connectivity index (χ0v) is 12.5. The van der Waals surface area contributed by atoms with Crippen LogP contribution in [0.5, 0.6) is 11.5 Å². The second-order valence-corrected chi connectivity index (χ2v) is 5.09. The molecule has 1 amide bonds. The third kappa shape index (κ3) is 3.28. The van der Waals surface area contributed by atoms with Gasteiger partial charge in [-0.05, 0) is 25.0 Å². The molecule has 0 unspecified atom stereocenters. The van der Waals surface area contributed by atoms with Crippen molar-refractivity contribution in [1.82, 2.24) is 5.32 Å². The van der Waals surface area contributed by atoms with Crippen LogP contribution in [0.4, 0.5) is 0 Å². The summed E-state index contributed by atoms with van der Waals surface area (Å²) in [7, 11) is 3.06. The summed E-state index contributed by atoms with van der Waals surface area (Å²) in [4.78, 5) is 12.6. The molecule has 21 heavy (non-hydrogen) atoms. The lowest BCUT2D eigenvalue weighted by molar-refractivity contribution is 0.0388. The number of nitrogens with one attached hydrogen (secondary N) is 1. The molecule has 0 radical (unpaired) electrons. The maximum atomic E-state index is 12.6. The summed E-state index contributed by atoms with van der Waals surface area (Å²) in [5.41, 5.74) is 5.89. The van der Waals surface area contributed by atoms with Crippen LogP contribution >= 0.6 is 0 Å². The number of benzene rings is 1. The van der Waals surface area contributed by atoms with Gasteiger partial charge in [-0.1, -0.05) is 6.07 Å². The molecule has 3 N–H and O–H groups in total. The fourth-order valence-corrected chi connectivity index (χ4v) is 2.52. The van der Waals surface area contributed by atoms with Gasteiger partial charge in [0.1, 0.15) is 0 Å². The molecule has 6 heteroatoms. The van der Waals surface area contributed by atoms with Crippen LogP contribution in [0.25, 0.3) is 0 Å². The largest absolute Gasteiger partial charge is 0.493 e. The van der Waals surface area contributed by atoms with Crippen molar-refractivity contribution in [2.24, 2.45) is 5.73 Å². The predicted octanol–water partition coefficient (Wildman–Crippen LogP) is 0.941. The maximum absolute atomic E-state index is 12.6. The van der Waals surface area contributed by atoms with Gasteiger partial charge in [0.2, 0.25) is 0 Å². The van der Waals surface area contributed by atoms with E-state index in [-0.39, 0.29) is 5.91 Å². The van der Waals surface area contributed by atoms with E-state index in [0.29, 0.717) is 49.7 Å². The Labute approximate surface area is 124 Å². The predicted molar refractivity (Wildman–Crippen MR) is 78.9 cm³/mol. The lowest BCUT2D eigenvalue weighted by atomic mass is 9.89. The number of nitrogens with two attached hydrogens (primary N) is 1. The first-order chi connectivity index (χ1) is 10.2. The molecule has 0 atom stereocenters. The molecule has 1 saturated heterocycles. The van der Waals surface area contributed by atoms with Crippen LogP contribution in [-0.4, -0.2) is 45.4 Å². The van der Waals surface area contributed by atoms with E-state index in [9.17, 15) is 4.79 Å². The van der Waals surface area contributed by atoms with Crippen LogP contribution in [0.15, 0.2) is 18.2 Å². The fraction of sp³-hybridized carbons (Fsp3) is 0.533. The van der Waals surface area contributed by atoms with E-state index in [2.05, 4.69) is 5.32 Å². The van der Waals surface area contributed by atoms with Gasteiger partial charge >= 0.3 is 0 Å². The van der Waals surface area contributed by atoms with Crippen LogP contribution < -0.4 is 20.5 Å². The number of rotatable bonds is 5. The van der Waals surface area contributed by atoms with Gasteiger partial charge in [-0.2, -0.15) is 0 Å². The van der Waals surface area contributed by atoms with Crippen molar-refractivity contribution < 1.29 is 19.0 Å².